The summed E-state index contributed by atoms with van der Waals surface area (Å²) in [5.74, 6) is 1.29. The minimum atomic E-state index is 0.191. The quantitative estimate of drug-likeness (QED) is 0.620. The fourth-order valence-corrected chi connectivity index (χ4v) is 1.31. The second kappa shape index (κ2) is 3.56. The van der Waals surface area contributed by atoms with Crippen molar-refractivity contribution in [1.29, 1.82) is 0 Å². The number of ether oxygens (including phenoxy) is 1. The van der Waals surface area contributed by atoms with Crippen molar-refractivity contribution in [2.45, 2.75) is 26.7 Å². The van der Waals surface area contributed by atoms with E-state index >= 15 is 0 Å². The third-order valence-electron chi connectivity index (χ3n) is 1.98. The van der Waals surface area contributed by atoms with E-state index in [4.69, 9.17) is 4.74 Å². The van der Waals surface area contributed by atoms with E-state index in [0.29, 0.717) is 6.61 Å². The summed E-state index contributed by atoms with van der Waals surface area (Å²) in [5, 5.41) is 0. The summed E-state index contributed by atoms with van der Waals surface area (Å²) < 4.78 is 5.25. The van der Waals surface area contributed by atoms with Gasteiger partial charge in [-0.15, -0.1) is 0 Å². The largest absolute Gasteiger partial charge is 0.498 e. The predicted molar refractivity (Wildman–Crippen MR) is 43.1 cm³/mol. The molecule has 0 N–H and O–H groups in total. The van der Waals surface area contributed by atoms with Crippen LogP contribution in [0, 0.1) is 5.92 Å². The minimum absolute atomic E-state index is 0.191. The van der Waals surface area contributed by atoms with E-state index in [9.17, 15) is 4.79 Å². The van der Waals surface area contributed by atoms with Crippen molar-refractivity contribution >= 4 is 5.78 Å². The van der Waals surface area contributed by atoms with Crippen LogP contribution in [0.4, 0.5) is 0 Å². The Bertz CT molecular complexity index is 182. The van der Waals surface area contributed by atoms with E-state index in [-0.39, 0.29) is 11.7 Å². The Hall–Kier alpha value is -0.790. The summed E-state index contributed by atoms with van der Waals surface area (Å²) in [6, 6.07) is 0. The van der Waals surface area contributed by atoms with E-state index in [1.165, 1.54) is 0 Å². The topological polar surface area (TPSA) is 26.3 Å². The van der Waals surface area contributed by atoms with Crippen molar-refractivity contribution in [3.05, 3.63) is 11.8 Å². The average molecular weight is 154 g/mol. The lowest BCUT2D eigenvalue weighted by molar-refractivity contribution is -0.117. The Balaban J connectivity index is 2.49. The molecule has 2 nitrogen and oxygen atoms in total. The van der Waals surface area contributed by atoms with Gasteiger partial charge in [0.2, 0.25) is 0 Å². The van der Waals surface area contributed by atoms with Gasteiger partial charge in [0.05, 0.1) is 6.61 Å². The average Bonchev–Trinajstić information content (AvgIpc) is 2.32. The molecule has 1 aliphatic rings. The van der Waals surface area contributed by atoms with Crippen LogP contribution in [-0.2, 0) is 9.53 Å². The second-order valence-corrected chi connectivity index (χ2v) is 2.76. The lowest BCUT2D eigenvalue weighted by atomic mass is 10.0. The molecule has 62 valence electrons. The van der Waals surface area contributed by atoms with Crippen molar-refractivity contribution in [2.24, 2.45) is 5.92 Å². The number of rotatable bonds is 3. The summed E-state index contributed by atoms with van der Waals surface area (Å²) >= 11 is 0. The van der Waals surface area contributed by atoms with Gasteiger partial charge in [-0.1, -0.05) is 6.92 Å². The molecule has 0 saturated carbocycles. The first-order valence-corrected chi connectivity index (χ1v) is 4.15. The molecule has 0 amide bonds. The smallest absolute Gasteiger partial charge is 0.162 e. The molecular formula is C9H14O2. The Morgan fingerprint density at radius 2 is 2.36 bits per heavy atom. The third-order valence-corrected chi connectivity index (χ3v) is 1.98. The van der Waals surface area contributed by atoms with Crippen molar-refractivity contribution in [2.75, 3.05) is 6.61 Å². The Labute approximate surface area is 67.2 Å². The molecule has 0 aromatic heterocycles. The van der Waals surface area contributed by atoms with Gasteiger partial charge in [0.1, 0.15) is 5.76 Å². The molecule has 0 aromatic carbocycles. The van der Waals surface area contributed by atoms with Gasteiger partial charge in [-0.2, -0.15) is 0 Å². The van der Waals surface area contributed by atoms with Crippen LogP contribution in [0.15, 0.2) is 11.8 Å². The molecule has 0 saturated heterocycles. The molecule has 0 aromatic rings. The van der Waals surface area contributed by atoms with Gasteiger partial charge in [0.25, 0.3) is 0 Å². The second-order valence-electron chi connectivity index (χ2n) is 2.76. The minimum Gasteiger partial charge on any atom is -0.498 e. The SMILES string of the molecule is CCOC1=CC(=O)C(CC)C1. The van der Waals surface area contributed by atoms with Crippen molar-refractivity contribution in [1.82, 2.24) is 0 Å². The Kier molecular flexibility index (Phi) is 2.69. The zero-order valence-corrected chi connectivity index (χ0v) is 7.09. The zero-order chi connectivity index (χ0) is 8.27. The summed E-state index contributed by atoms with van der Waals surface area (Å²) in [5.41, 5.74) is 0. The molecule has 0 radical (unpaired) electrons. The maximum absolute atomic E-state index is 11.1. The van der Waals surface area contributed by atoms with Crippen LogP contribution in [0.5, 0.6) is 0 Å². The molecule has 2 heteroatoms. The fraction of sp³-hybridized carbons (Fsp3) is 0.667. The van der Waals surface area contributed by atoms with E-state index in [2.05, 4.69) is 0 Å². The van der Waals surface area contributed by atoms with Gasteiger partial charge in [-0.3, -0.25) is 4.79 Å². The van der Waals surface area contributed by atoms with Gasteiger partial charge >= 0.3 is 0 Å². The van der Waals surface area contributed by atoms with Gasteiger partial charge in [0.15, 0.2) is 5.78 Å². The highest BCUT2D eigenvalue weighted by molar-refractivity contribution is 5.94. The van der Waals surface area contributed by atoms with Gasteiger partial charge < -0.3 is 4.74 Å². The number of allylic oxidation sites excluding steroid dienone is 2. The van der Waals surface area contributed by atoms with Crippen molar-refractivity contribution in [3.63, 3.8) is 0 Å². The zero-order valence-electron chi connectivity index (χ0n) is 7.09. The summed E-state index contributed by atoms with van der Waals surface area (Å²) in [7, 11) is 0. The summed E-state index contributed by atoms with van der Waals surface area (Å²) in [6.45, 7) is 4.63. The fourth-order valence-electron chi connectivity index (χ4n) is 1.31. The molecule has 0 bridgehead atoms. The van der Waals surface area contributed by atoms with Gasteiger partial charge in [-0.05, 0) is 13.3 Å². The van der Waals surface area contributed by atoms with E-state index in [1.807, 2.05) is 13.8 Å². The first-order chi connectivity index (χ1) is 5.27. The van der Waals surface area contributed by atoms with Crippen LogP contribution in [0.3, 0.4) is 0 Å². The summed E-state index contributed by atoms with van der Waals surface area (Å²) in [6.07, 6.45) is 3.37. The highest BCUT2D eigenvalue weighted by Gasteiger charge is 2.24. The highest BCUT2D eigenvalue weighted by atomic mass is 16.5. The van der Waals surface area contributed by atoms with Crippen LogP contribution in [0.1, 0.15) is 26.7 Å². The monoisotopic (exact) mass is 154 g/mol. The standard InChI is InChI=1S/C9H14O2/c1-3-7-5-8(11-4-2)6-9(7)10/h6-7H,3-5H2,1-2H3. The molecule has 0 heterocycles. The third kappa shape index (κ3) is 1.82. The predicted octanol–water partition coefficient (Wildman–Crippen LogP) is 1.91. The maximum Gasteiger partial charge on any atom is 0.162 e. The lowest BCUT2D eigenvalue weighted by Gasteiger charge is -2.05. The van der Waals surface area contributed by atoms with E-state index in [1.54, 1.807) is 6.08 Å². The van der Waals surface area contributed by atoms with E-state index < -0.39 is 0 Å². The van der Waals surface area contributed by atoms with Crippen molar-refractivity contribution in [3.8, 4) is 0 Å². The molecule has 0 aliphatic heterocycles. The number of ketones is 1. The van der Waals surface area contributed by atoms with Crippen molar-refractivity contribution < 1.29 is 9.53 Å². The molecule has 1 atom stereocenters. The molecule has 1 aliphatic carbocycles. The molecule has 11 heavy (non-hydrogen) atoms. The number of carbonyl (C=O) groups excluding carboxylic acids is 1. The Morgan fingerprint density at radius 1 is 1.64 bits per heavy atom. The van der Waals surface area contributed by atoms with Crippen LogP contribution >= 0.6 is 0 Å². The molecule has 0 spiro atoms. The molecule has 1 rings (SSSR count). The van der Waals surface area contributed by atoms with Crippen LogP contribution < -0.4 is 0 Å². The first kappa shape index (κ1) is 8.31. The van der Waals surface area contributed by atoms with Crippen LogP contribution in [0.25, 0.3) is 0 Å². The normalized spacial score (nSPS) is 23.6. The van der Waals surface area contributed by atoms with Gasteiger partial charge in [0, 0.05) is 18.4 Å². The number of carbonyl (C=O) groups is 1. The highest BCUT2D eigenvalue weighted by Crippen LogP contribution is 2.24. The van der Waals surface area contributed by atoms with Crippen LogP contribution in [0.2, 0.25) is 0 Å². The van der Waals surface area contributed by atoms with Crippen LogP contribution in [-0.4, -0.2) is 12.4 Å². The summed E-state index contributed by atoms with van der Waals surface area (Å²) in [4.78, 5) is 11.1. The van der Waals surface area contributed by atoms with Gasteiger partial charge in [-0.25, -0.2) is 0 Å². The first-order valence-electron chi connectivity index (χ1n) is 4.15. The number of hydrogen-bond acceptors (Lipinski definition) is 2. The molecular weight excluding hydrogens is 140 g/mol. The Morgan fingerprint density at radius 3 is 2.82 bits per heavy atom. The maximum atomic E-state index is 11.1. The lowest BCUT2D eigenvalue weighted by Crippen LogP contribution is -2.04. The van der Waals surface area contributed by atoms with E-state index in [0.717, 1.165) is 18.6 Å². The number of hydrogen-bond donors (Lipinski definition) is 0. The molecule has 1 unspecified atom stereocenters. The molecule has 0 fully saturated rings.